The maximum Gasteiger partial charge on any atom is 0.252 e. The number of benzene rings is 2. The first kappa shape index (κ1) is 23.9. The second-order valence-corrected chi connectivity index (χ2v) is 10.5. The van der Waals surface area contributed by atoms with Crippen LogP contribution in [0.2, 0.25) is 10.0 Å². The van der Waals surface area contributed by atoms with Crippen LogP contribution in [0, 0.1) is 5.82 Å². The molecule has 1 atom stereocenters. The van der Waals surface area contributed by atoms with Crippen LogP contribution >= 0.6 is 23.2 Å². The first-order chi connectivity index (χ1) is 14.6. The van der Waals surface area contributed by atoms with Gasteiger partial charge in [0, 0.05) is 31.2 Å². The molecule has 3 rings (SSSR count). The molecule has 0 spiro atoms. The molecule has 1 heterocycles. The quantitative estimate of drug-likeness (QED) is 0.641. The van der Waals surface area contributed by atoms with Gasteiger partial charge in [-0.2, -0.15) is 0 Å². The van der Waals surface area contributed by atoms with E-state index in [1.807, 2.05) is 0 Å². The van der Waals surface area contributed by atoms with Crippen LogP contribution in [-0.2, 0) is 10.0 Å². The molecule has 1 unspecified atom stereocenters. The van der Waals surface area contributed by atoms with Crippen molar-refractivity contribution in [2.45, 2.75) is 23.8 Å². The Kier molecular flexibility index (Phi) is 7.59. The molecule has 0 bridgehead atoms. The zero-order valence-corrected chi connectivity index (χ0v) is 19.6. The second-order valence-electron chi connectivity index (χ2n) is 7.53. The highest BCUT2D eigenvalue weighted by Gasteiger charge is 2.29. The Hall–Kier alpha value is -1.71. The maximum absolute atomic E-state index is 14.6. The van der Waals surface area contributed by atoms with Crippen molar-refractivity contribution in [1.82, 2.24) is 14.5 Å². The summed E-state index contributed by atoms with van der Waals surface area (Å²) in [6.45, 7) is 1.63. The van der Waals surface area contributed by atoms with Gasteiger partial charge in [-0.1, -0.05) is 29.3 Å². The van der Waals surface area contributed by atoms with E-state index in [4.69, 9.17) is 23.2 Å². The minimum absolute atomic E-state index is 0.0318. The predicted molar refractivity (Wildman–Crippen MR) is 120 cm³/mol. The highest BCUT2D eigenvalue weighted by Crippen LogP contribution is 2.32. The lowest BCUT2D eigenvalue weighted by atomic mass is 10.0. The lowest BCUT2D eigenvalue weighted by molar-refractivity contribution is 0.0937. The first-order valence-electron chi connectivity index (χ1n) is 9.81. The summed E-state index contributed by atoms with van der Waals surface area (Å²) in [5.74, 6) is -0.979. The van der Waals surface area contributed by atoms with E-state index in [2.05, 4.69) is 10.2 Å². The Morgan fingerprint density at radius 2 is 1.84 bits per heavy atom. The number of halogens is 3. The zero-order chi connectivity index (χ0) is 22.8. The topological polar surface area (TPSA) is 69.7 Å². The molecule has 31 heavy (non-hydrogen) atoms. The van der Waals surface area contributed by atoms with Gasteiger partial charge in [0.15, 0.2) is 0 Å². The van der Waals surface area contributed by atoms with Crippen LogP contribution in [0.4, 0.5) is 4.39 Å². The van der Waals surface area contributed by atoms with E-state index in [1.165, 1.54) is 44.4 Å². The van der Waals surface area contributed by atoms with Gasteiger partial charge in [0.1, 0.15) is 5.82 Å². The Bertz CT molecular complexity index is 1050. The third-order valence-corrected chi connectivity index (χ3v) is 7.80. The number of hydrogen-bond donors (Lipinski definition) is 1. The molecule has 6 nitrogen and oxygen atoms in total. The Morgan fingerprint density at radius 1 is 1.16 bits per heavy atom. The summed E-state index contributed by atoms with van der Waals surface area (Å²) in [6, 6.07) is 8.02. The highest BCUT2D eigenvalue weighted by molar-refractivity contribution is 7.89. The van der Waals surface area contributed by atoms with Crippen molar-refractivity contribution >= 4 is 39.1 Å². The third kappa shape index (κ3) is 5.21. The highest BCUT2D eigenvalue weighted by atomic mass is 35.5. The fourth-order valence-corrected chi connectivity index (χ4v) is 5.05. The van der Waals surface area contributed by atoms with E-state index in [1.54, 1.807) is 6.07 Å². The van der Waals surface area contributed by atoms with Crippen LogP contribution < -0.4 is 5.32 Å². The average Bonchev–Trinajstić information content (AvgIpc) is 3.24. The average molecular weight is 488 g/mol. The van der Waals surface area contributed by atoms with Gasteiger partial charge in [-0.25, -0.2) is 17.1 Å². The summed E-state index contributed by atoms with van der Waals surface area (Å²) in [5.41, 5.74) is 0.366. The number of nitrogens with one attached hydrogen (secondary N) is 1. The van der Waals surface area contributed by atoms with Crippen LogP contribution in [0.15, 0.2) is 41.3 Å². The van der Waals surface area contributed by atoms with Crippen LogP contribution in [-0.4, -0.2) is 57.3 Å². The normalized spacial score (nSPS) is 15.9. The van der Waals surface area contributed by atoms with E-state index < -0.39 is 27.8 Å². The summed E-state index contributed by atoms with van der Waals surface area (Å²) in [4.78, 5) is 14.9. The van der Waals surface area contributed by atoms with Crippen LogP contribution in [0.3, 0.4) is 0 Å². The van der Waals surface area contributed by atoms with Crippen LogP contribution in [0.25, 0.3) is 0 Å². The molecule has 10 heteroatoms. The van der Waals surface area contributed by atoms with Gasteiger partial charge >= 0.3 is 0 Å². The molecule has 0 aromatic heterocycles. The number of rotatable bonds is 7. The molecule has 1 fully saturated rings. The van der Waals surface area contributed by atoms with Gasteiger partial charge in [-0.15, -0.1) is 0 Å². The number of hydrogen-bond acceptors (Lipinski definition) is 4. The number of nitrogens with zero attached hydrogens (tertiary/aromatic N) is 2. The van der Waals surface area contributed by atoms with Gasteiger partial charge in [0.2, 0.25) is 10.0 Å². The van der Waals surface area contributed by atoms with Crippen molar-refractivity contribution in [2.75, 3.05) is 33.7 Å². The second kappa shape index (κ2) is 9.83. The Balaban J connectivity index is 1.87. The van der Waals surface area contributed by atoms with Gasteiger partial charge in [-0.05, 0) is 56.3 Å². The largest absolute Gasteiger partial charge is 0.350 e. The number of sulfonamides is 1. The SMILES string of the molecule is CN(C)S(=O)(=O)c1ccc(Cl)c(C(=O)NCC(c2c(F)cccc2Cl)N2CCCC2)c1. The van der Waals surface area contributed by atoms with Crippen molar-refractivity contribution in [3.63, 3.8) is 0 Å². The number of carbonyl (C=O) groups is 1. The lowest BCUT2D eigenvalue weighted by Gasteiger charge is -2.29. The maximum atomic E-state index is 14.6. The number of amides is 1. The number of likely N-dealkylation sites (tertiary alicyclic amines) is 1. The van der Waals surface area contributed by atoms with Gasteiger partial charge < -0.3 is 5.32 Å². The zero-order valence-electron chi connectivity index (χ0n) is 17.2. The van der Waals surface area contributed by atoms with Crippen molar-refractivity contribution in [1.29, 1.82) is 0 Å². The predicted octanol–water partition coefficient (Wildman–Crippen LogP) is 3.95. The minimum atomic E-state index is -3.73. The Morgan fingerprint density at radius 3 is 2.45 bits per heavy atom. The van der Waals surface area contributed by atoms with Crippen molar-refractivity contribution in [2.24, 2.45) is 0 Å². The molecule has 2 aromatic carbocycles. The lowest BCUT2D eigenvalue weighted by Crippen LogP contribution is -2.37. The van der Waals surface area contributed by atoms with Gasteiger partial charge in [-0.3, -0.25) is 9.69 Å². The molecule has 1 aliphatic heterocycles. The van der Waals surface area contributed by atoms with Crippen LogP contribution in [0.5, 0.6) is 0 Å². The van der Waals surface area contributed by atoms with Gasteiger partial charge in [0.25, 0.3) is 5.91 Å². The van der Waals surface area contributed by atoms with Gasteiger partial charge in [0.05, 0.1) is 21.5 Å². The van der Waals surface area contributed by atoms with Crippen molar-refractivity contribution in [3.8, 4) is 0 Å². The molecule has 1 N–H and O–H groups in total. The van der Waals surface area contributed by atoms with Crippen LogP contribution in [0.1, 0.15) is 34.8 Å². The molecule has 168 valence electrons. The van der Waals surface area contributed by atoms with E-state index in [0.29, 0.717) is 10.6 Å². The standard InChI is InChI=1S/C21H24Cl2FN3O3S/c1-26(2)31(29,30)14-8-9-16(22)15(12-14)21(28)25-13-19(27-10-3-4-11-27)20-17(23)6-5-7-18(20)24/h5-9,12,19H,3-4,10-11,13H2,1-2H3,(H,25,28). The smallest absolute Gasteiger partial charge is 0.252 e. The van der Waals surface area contributed by atoms with Crippen molar-refractivity contribution < 1.29 is 17.6 Å². The fraction of sp³-hybridized carbons (Fsp3) is 0.381. The van der Waals surface area contributed by atoms with E-state index in [-0.39, 0.29) is 22.0 Å². The summed E-state index contributed by atoms with van der Waals surface area (Å²) in [6.07, 6.45) is 1.96. The Labute approximate surface area is 192 Å². The molecule has 1 aliphatic rings. The van der Waals surface area contributed by atoms with E-state index in [9.17, 15) is 17.6 Å². The molecule has 2 aromatic rings. The van der Waals surface area contributed by atoms with E-state index >= 15 is 0 Å². The molecule has 0 radical (unpaired) electrons. The first-order valence-corrected chi connectivity index (χ1v) is 12.0. The summed E-state index contributed by atoms with van der Waals surface area (Å²) < 4.78 is 40.5. The third-order valence-electron chi connectivity index (χ3n) is 5.33. The molecule has 0 aliphatic carbocycles. The molecule has 1 amide bonds. The summed E-state index contributed by atoms with van der Waals surface area (Å²) >= 11 is 12.5. The summed E-state index contributed by atoms with van der Waals surface area (Å²) in [7, 11) is -0.918. The van der Waals surface area contributed by atoms with E-state index in [0.717, 1.165) is 30.2 Å². The summed E-state index contributed by atoms with van der Waals surface area (Å²) in [5, 5.41) is 3.20. The molecular weight excluding hydrogens is 464 g/mol. The number of carbonyl (C=O) groups excluding carboxylic acids is 1. The minimum Gasteiger partial charge on any atom is -0.350 e. The molecule has 0 saturated carbocycles. The monoisotopic (exact) mass is 487 g/mol. The molecule has 1 saturated heterocycles. The molecular formula is C21H24Cl2FN3O3S. The van der Waals surface area contributed by atoms with Crippen molar-refractivity contribution in [3.05, 3.63) is 63.4 Å². The fourth-order valence-electron chi connectivity index (χ4n) is 3.63.